The number of piperazine rings is 1. The molecule has 2 amide bonds. The minimum absolute atomic E-state index is 0.0179. The lowest BCUT2D eigenvalue weighted by molar-refractivity contribution is -0.124. The Balaban J connectivity index is 1.07. The number of benzene rings is 3. The van der Waals surface area contributed by atoms with Gasteiger partial charge in [0.1, 0.15) is 0 Å². The average Bonchev–Trinajstić information content (AvgIpc) is 2.97. The van der Waals surface area contributed by atoms with Gasteiger partial charge in [-0.1, -0.05) is 72.8 Å². The first-order valence-electron chi connectivity index (χ1n) is 13.9. The van der Waals surface area contributed by atoms with Gasteiger partial charge in [0.15, 0.2) is 0 Å². The van der Waals surface area contributed by atoms with E-state index in [4.69, 9.17) is 0 Å². The molecule has 1 saturated heterocycles. The number of hydrogen-bond acceptors (Lipinski definition) is 4. The topological polar surface area (TPSA) is 55.9 Å². The van der Waals surface area contributed by atoms with E-state index in [1.807, 2.05) is 41.3 Å². The van der Waals surface area contributed by atoms with E-state index in [0.29, 0.717) is 18.7 Å². The predicted octanol–water partition coefficient (Wildman–Crippen LogP) is 3.85. The molecular formula is C32H36N4O2. The monoisotopic (exact) mass is 508 g/mol. The lowest BCUT2D eigenvalue weighted by atomic mass is 9.76. The number of nitrogens with one attached hydrogen (secondary N) is 1. The highest BCUT2D eigenvalue weighted by molar-refractivity contribution is 6.01. The smallest absolute Gasteiger partial charge is 0.254 e. The molecule has 6 rings (SSSR count). The summed E-state index contributed by atoms with van der Waals surface area (Å²) in [5.41, 5.74) is 5.23. The highest BCUT2D eigenvalue weighted by Gasteiger charge is 2.46. The molecule has 1 N–H and O–H groups in total. The molecule has 196 valence electrons. The maximum Gasteiger partial charge on any atom is 0.254 e. The van der Waals surface area contributed by atoms with Gasteiger partial charge in [-0.2, -0.15) is 0 Å². The molecule has 3 heterocycles. The normalized spacial score (nSPS) is 21.4. The average molecular weight is 509 g/mol. The summed E-state index contributed by atoms with van der Waals surface area (Å²) in [6.45, 7) is 7.56. The third-order valence-electron chi connectivity index (χ3n) is 8.38. The molecule has 38 heavy (non-hydrogen) atoms. The van der Waals surface area contributed by atoms with Crippen LogP contribution >= 0.6 is 0 Å². The number of carbonyl (C=O) groups is 2. The Bertz CT molecular complexity index is 1290. The van der Waals surface area contributed by atoms with Crippen molar-refractivity contribution < 1.29 is 9.59 Å². The number of hydrogen-bond donors (Lipinski definition) is 1. The lowest BCUT2D eigenvalue weighted by Gasteiger charge is -2.45. The number of fused-ring (bicyclic) bond motifs is 4. The van der Waals surface area contributed by atoms with Crippen molar-refractivity contribution in [3.8, 4) is 0 Å². The zero-order valence-electron chi connectivity index (χ0n) is 21.9. The Labute approximate surface area is 225 Å². The van der Waals surface area contributed by atoms with Crippen molar-refractivity contribution in [1.29, 1.82) is 0 Å². The fourth-order valence-corrected chi connectivity index (χ4v) is 6.39. The van der Waals surface area contributed by atoms with Crippen molar-refractivity contribution in [2.45, 2.75) is 31.3 Å². The first kappa shape index (κ1) is 24.8. The van der Waals surface area contributed by atoms with Crippen molar-refractivity contribution in [2.75, 3.05) is 45.8 Å². The van der Waals surface area contributed by atoms with Crippen LogP contribution in [0.2, 0.25) is 0 Å². The molecule has 0 unspecified atom stereocenters. The van der Waals surface area contributed by atoms with E-state index in [0.717, 1.165) is 63.2 Å². The van der Waals surface area contributed by atoms with Crippen LogP contribution in [0.4, 0.5) is 0 Å². The van der Waals surface area contributed by atoms with Crippen LogP contribution in [-0.4, -0.2) is 72.3 Å². The fourth-order valence-electron chi connectivity index (χ4n) is 6.39. The molecule has 3 aromatic carbocycles. The van der Waals surface area contributed by atoms with Gasteiger partial charge in [0, 0.05) is 51.4 Å². The molecule has 0 radical (unpaired) electrons. The highest BCUT2D eigenvalue weighted by Crippen LogP contribution is 2.45. The summed E-state index contributed by atoms with van der Waals surface area (Å²) in [7, 11) is 0. The van der Waals surface area contributed by atoms with E-state index < -0.39 is 5.92 Å². The third kappa shape index (κ3) is 4.98. The zero-order chi connectivity index (χ0) is 25.9. The van der Waals surface area contributed by atoms with Gasteiger partial charge in [-0.25, -0.2) is 0 Å². The summed E-state index contributed by atoms with van der Waals surface area (Å²) < 4.78 is 0. The van der Waals surface area contributed by atoms with Gasteiger partial charge in [0.05, 0.1) is 12.0 Å². The van der Waals surface area contributed by atoms with Gasteiger partial charge in [-0.05, 0) is 47.7 Å². The Morgan fingerprint density at radius 1 is 0.789 bits per heavy atom. The van der Waals surface area contributed by atoms with Crippen LogP contribution in [0.3, 0.4) is 0 Å². The molecule has 0 spiro atoms. The maximum atomic E-state index is 13.7. The van der Waals surface area contributed by atoms with E-state index in [-0.39, 0.29) is 17.9 Å². The molecule has 0 aromatic heterocycles. The van der Waals surface area contributed by atoms with E-state index in [1.54, 1.807) is 0 Å². The first-order valence-corrected chi connectivity index (χ1v) is 13.9. The molecule has 3 aromatic rings. The van der Waals surface area contributed by atoms with Gasteiger partial charge in [0.2, 0.25) is 5.91 Å². The molecule has 1 fully saturated rings. The molecule has 3 aliphatic heterocycles. The van der Waals surface area contributed by atoms with E-state index in [9.17, 15) is 9.59 Å². The Kier molecular flexibility index (Phi) is 7.25. The molecule has 2 atom stereocenters. The van der Waals surface area contributed by atoms with Gasteiger partial charge >= 0.3 is 0 Å². The summed E-state index contributed by atoms with van der Waals surface area (Å²) in [6, 6.07) is 26.4. The van der Waals surface area contributed by atoms with Gasteiger partial charge in [-0.3, -0.25) is 14.5 Å². The van der Waals surface area contributed by atoms with Crippen LogP contribution in [0.25, 0.3) is 0 Å². The molecular weight excluding hydrogens is 472 g/mol. The van der Waals surface area contributed by atoms with Gasteiger partial charge in [0.25, 0.3) is 5.91 Å². The van der Waals surface area contributed by atoms with Crippen LogP contribution < -0.4 is 5.32 Å². The van der Waals surface area contributed by atoms with Crippen LogP contribution in [0.15, 0.2) is 78.9 Å². The summed E-state index contributed by atoms with van der Waals surface area (Å²) in [4.78, 5) is 34.0. The largest absolute Gasteiger partial charge is 0.355 e. The third-order valence-corrected chi connectivity index (χ3v) is 8.38. The van der Waals surface area contributed by atoms with Crippen molar-refractivity contribution in [3.63, 3.8) is 0 Å². The molecule has 6 heteroatoms. The Morgan fingerprint density at radius 2 is 1.47 bits per heavy atom. The quantitative estimate of drug-likeness (QED) is 0.493. The van der Waals surface area contributed by atoms with Crippen molar-refractivity contribution in [3.05, 3.63) is 107 Å². The molecule has 0 aliphatic carbocycles. The number of rotatable bonds is 7. The van der Waals surface area contributed by atoms with Crippen molar-refractivity contribution >= 4 is 11.8 Å². The maximum absolute atomic E-state index is 13.7. The second-order valence-corrected chi connectivity index (χ2v) is 10.7. The lowest BCUT2D eigenvalue weighted by Crippen LogP contribution is -2.50. The number of amides is 2. The van der Waals surface area contributed by atoms with Gasteiger partial charge in [-0.15, -0.1) is 0 Å². The van der Waals surface area contributed by atoms with E-state index in [1.165, 1.54) is 11.1 Å². The minimum Gasteiger partial charge on any atom is -0.355 e. The van der Waals surface area contributed by atoms with Crippen molar-refractivity contribution in [2.24, 2.45) is 0 Å². The van der Waals surface area contributed by atoms with Gasteiger partial charge < -0.3 is 15.1 Å². The van der Waals surface area contributed by atoms with Crippen LogP contribution in [0.5, 0.6) is 0 Å². The Morgan fingerprint density at radius 3 is 2.29 bits per heavy atom. The summed E-state index contributed by atoms with van der Waals surface area (Å²) in [5.74, 6) is -0.341. The second kappa shape index (κ2) is 11.1. The van der Waals surface area contributed by atoms with Crippen LogP contribution in [-0.2, 0) is 17.8 Å². The SMILES string of the molecule is O=C(NCCCN1CCN(Cc2ccccc2)CC1)[C@@H]1c2ccccc2C(=O)N2CCc3ccccc3[C@H]12. The second-order valence-electron chi connectivity index (χ2n) is 10.7. The van der Waals surface area contributed by atoms with Crippen LogP contribution in [0.1, 0.15) is 51.0 Å². The van der Waals surface area contributed by atoms with Crippen LogP contribution in [0, 0.1) is 0 Å². The molecule has 3 aliphatic rings. The molecule has 0 saturated carbocycles. The van der Waals surface area contributed by atoms with E-state index >= 15 is 0 Å². The summed E-state index contributed by atoms with van der Waals surface area (Å²) in [5, 5.41) is 3.24. The first-order chi connectivity index (χ1) is 18.7. The summed E-state index contributed by atoms with van der Waals surface area (Å²) >= 11 is 0. The number of nitrogens with zero attached hydrogens (tertiary/aromatic N) is 3. The number of carbonyl (C=O) groups excluding carboxylic acids is 2. The summed E-state index contributed by atoms with van der Waals surface area (Å²) in [6.07, 6.45) is 1.75. The predicted molar refractivity (Wildman–Crippen MR) is 149 cm³/mol. The highest BCUT2D eigenvalue weighted by atomic mass is 16.2. The van der Waals surface area contributed by atoms with E-state index in [2.05, 4.69) is 57.6 Å². The fraction of sp³-hybridized carbons (Fsp3) is 0.375. The molecule has 0 bridgehead atoms. The zero-order valence-corrected chi connectivity index (χ0v) is 21.9. The standard InChI is InChI=1S/C32H36N4O2/c37-31(33-16-8-17-34-19-21-35(22-20-34)23-24-9-2-1-3-10-24)29-27-13-6-7-14-28(27)32(38)36-18-15-25-11-4-5-12-26(25)30(29)36/h1-7,9-14,29-30H,8,15-23H2,(H,33,37)/t29-,30-/m1/s1. The Hall–Kier alpha value is -3.48. The molecule has 6 nitrogen and oxygen atoms in total. The minimum atomic E-state index is -0.396. The van der Waals surface area contributed by atoms with Crippen molar-refractivity contribution in [1.82, 2.24) is 20.0 Å².